The van der Waals surface area contributed by atoms with Crippen LogP contribution in [0.5, 0.6) is 5.75 Å². The second kappa shape index (κ2) is 3.38. The Hall–Kier alpha value is -1.33. The van der Waals surface area contributed by atoms with E-state index in [0.717, 1.165) is 6.20 Å². The molecule has 0 unspecified atom stereocenters. The molecule has 0 aromatic carbocycles. The normalized spacial score (nSPS) is 11.2. The van der Waals surface area contributed by atoms with Gasteiger partial charge in [0.05, 0.1) is 12.4 Å². The highest BCUT2D eigenvalue weighted by Crippen LogP contribution is 2.16. The number of hydrogen-bond acceptors (Lipinski definition) is 3. The Labute approximate surface area is 66.2 Å². The van der Waals surface area contributed by atoms with Crippen molar-refractivity contribution in [2.24, 2.45) is 0 Å². The number of alkyl halides is 3. The van der Waals surface area contributed by atoms with Crippen molar-refractivity contribution in [3.63, 3.8) is 0 Å². The molecule has 66 valence electrons. The van der Waals surface area contributed by atoms with Gasteiger partial charge < -0.3 is 4.74 Å². The maximum absolute atomic E-state index is 11.6. The molecule has 3 nitrogen and oxygen atoms in total. The Morgan fingerprint density at radius 3 is 2.58 bits per heavy atom. The van der Waals surface area contributed by atoms with Crippen LogP contribution in [-0.2, 0) is 0 Å². The van der Waals surface area contributed by atoms with E-state index in [2.05, 4.69) is 14.9 Å². The fourth-order valence-corrected chi connectivity index (χ4v) is 0.529. The molecule has 1 aromatic rings. The maximum atomic E-state index is 11.6. The Morgan fingerprint density at radius 1 is 1.33 bits per heavy atom. The average molecular weight is 178 g/mol. The molecule has 0 radical (unpaired) electrons. The molecule has 0 aliphatic carbocycles. The summed E-state index contributed by atoms with van der Waals surface area (Å²) in [7, 11) is 0. The number of hydrogen-bond donors (Lipinski definition) is 0. The molecule has 0 amide bonds. The van der Waals surface area contributed by atoms with E-state index in [9.17, 15) is 13.2 Å². The van der Waals surface area contributed by atoms with Crippen LogP contribution in [0.4, 0.5) is 13.2 Å². The lowest BCUT2D eigenvalue weighted by Crippen LogP contribution is -2.19. The van der Waals surface area contributed by atoms with Gasteiger partial charge in [-0.25, -0.2) is 0 Å². The number of ether oxygens (including phenoxy) is 1. The van der Waals surface area contributed by atoms with Crippen molar-refractivity contribution >= 4 is 0 Å². The lowest BCUT2D eigenvalue weighted by atomic mass is 10.5. The molecule has 0 saturated heterocycles. The summed E-state index contributed by atoms with van der Waals surface area (Å²) >= 11 is 0. The van der Waals surface area contributed by atoms with Gasteiger partial charge in [0.25, 0.3) is 0 Å². The van der Waals surface area contributed by atoms with Crippen molar-refractivity contribution in [2.75, 3.05) is 6.61 Å². The monoisotopic (exact) mass is 178 g/mol. The third-order valence-electron chi connectivity index (χ3n) is 0.960. The van der Waals surface area contributed by atoms with Crippen molar-refractivity contribution in [1.29, 1.82) is 0 Å². The van der Waals surface area contributed by atoms with Gasteiger partial charge >= 0.3 is 6.18 Å². The molecule has 0 atom stereocenters. The van der Waals surface area contributed by atoms with Crippen molar-refractivity contribution in [3.8, 4) is 5.75 Å². The molecule has 0 bridgehead atoms. The summed E-state index contributed by atoms with van der Waals surface area (Å²) in [6.07, 6.45) is -1.94. The standard InChI is InChI=1S/C6H5F3N2O/c7-6(8,9)4-12-5-1-2-10-11-3-5/h1-3H,4H2. The molecule has 0 fully saturated rings. The smallest absolute Gasteiger partial charge is 0.422 e. The van der Waals surface area contributed by atoms with Crippen LogP contribution in [0, 0.1) is 0 Å². The van der Waals surface area contributed by atoms with Gasteiger partial charge in [-0.1, -0.05) is 0 Å². The summed E-state index contributed by atoms with van der Waals surface area (Å²) in [5, 5.41) is 6.72. The first-order valence-electron chi connectivity index (χ1n) is 3.04. The van der Waals surface area contributed by atoms with E-state index in [1.807, 2.05) is 0 Å². The van der Waals surface area contributed by atoms with E-state index in [-0.39, 0.29) is 5.75 Å². The van der Waals surface area contributed by atoms with Crippen molar-refractivity contribution in [2.45, 2.75) is 6.18 Å². The molecule has 6 heteroatoms. The van der Waals surface area contributed by atoms with Crippen LogP contribution < -0.4 is 4.74 Å². The second-order valence-electron chi connectivity index (χ2n) is 1.98. The highest BCUT2D eigenvalue weighted by molar-refractivity contribution is 5.12. The summed E-state index contributed by atoms with van der Waals surface area (Å²) < 4.78 is 39.1. The molecule has 0 N–H and O–H groups in total. The van der Waals surface area contributed by atoms with Crippen LogP contribution in [0.25, 0.3) is 0 Å². The third-order valence-corrected chi connectivity index (χ3v) is 0.960. The Kier molecular flexibility index (Phi) is 2.47. The highest BCUT2D eigenvalue weighted by atomic mass is 19.4. The van der Waals surface area contributed by atoms with E-state index in [1.54, 1.807) is 0 Å². The summed E-state index contributed by atoms with van der Waals surface area (Å²) in [6, 6.07) is 1.30. The molecule has 0 aliphatic heterocycles. The number of halogens is 3. The van der Waals surface area contributed by atoms with Gasteiger partial charge in [0.15, 0.2) is 6.61 Å². The van der Waals surface area contributed by atoms with E-state index in [0.29, 0.717) is 0 Å². The fraction of sp³-hybridized carbons (Fsp3) is 0.333. The van der Waals surface area contributed by atoms with Gasteiger partial charge in [-0.15, -0.1) is 0 Å². The summed E-state index contributed by atoms with van der Waals surface area (Å²) in [5.74, 6) is 0.0577. The minimum Gasteiger partial charge on any atom is -0.482 e. The zero-order chi connectivity index (χ0) is 9.03. The Morgan fingerprint density at radius 2 is 2.08 bits per heavy atom. The van der Waals surface area contributed by atoms with Gasteiger partial charge in [-0.2, -0.15) is 23.4 Å². The summed E-state index contributed by atoms with van der Waals surface area (Å²) in [4.78, 5) is 0. The van der Waals surface area contributed by atoms with Crippen LogP contribution in [0.3, 0.4) is 0 Å². The molecule has 1 rings (SSSR count). The zero-order valence-corrected chi connectivity index (χ0v) is 5.88. The zero-order valence-electron chi connectivity index (χ0n) is 5.88. The topological polar surface area (TPSA) is 35.0 Å². The van der Waals surface area contributed by atoms with Gasteiger partial charge in [-0.05, 0) is 0 Å². The molecular weight excluding hydrogens is 173 g/mol. The first-order chi connectivity index (χ1) is 5.58. The first kappa shape index (κ1) is 8.76. The minimum absolute atomic E-state index is 0.0577. The predicted octanol–water partition coefficient (Wildman–Crippen LogP) is 1.42. The molecule has 1 aromatic heterocycles. The molecule has 0 saturated carbocycles. The first-order valence-corrected chi connectivity index (χ1v) is 3.04. The Balaban J connectivity index is 2.44. The summed E-state index contributed by atoms with van der Waals surface area (Å²) in [6.45, 7) is -1.31. The summed E-state index contributed by atoms with van der Waals surface area (Å²) in [5.41, 5.74) is 0. The number of nitrogens with zero attached hydrogens (tertiary/aromatic N) is 2. The van der Waals surface area contributed by atoms with E-state index in [1.165, 1.54) is 12.3 Å². The molecule has 0 aliphatic rings. The predicted molar refractivity (Wildman–Crippen MR) is 33.6 cm³/mol. The van der Waals surface area contributed by atoms with Crippen LogP contribution >= 0.6 is 0 Å². The van der Waals surface area contributed by atoms with Crippen LogP contribution in [0.1, 0.15) is 0 Å². The van der Waals surface area contributed by atoms with Crippen LogP contribution in [0.2, 0.25) is 0 Å². The lowest BCUT2D eigenvalue weighted by molar-refractivity contribution is -0.153. The average Bonchev–Trinajstić information content (AvgIpc) is 2.02. The van der Waals surface area contributed by atoms with Crippen LogP contribution in [0.15, 0.2) is 18.5 Å². The molecule has 12 heavy (non-hydrogen) atoms. The van der Waals surface area contributed by atoms with Crippen LogP contribution in [-0.4, -0.2) is 23.0 Å². The lowest BCUT2D eigenvalue weighted by Gasteiger charge is -2.07. The molecule has 1 heterocycles. The van der Waals surface area contributed by atoms with E-state index < -0.39 is 12.8 Å². The van der Waals surface area contributed by atoms with Gasteiger partial charge in [-0.3, -0.25) is 0 Å². The molecule has 0 spiro atoms. The number of aromatic nitrogens is 2. The van der Waals surface area contributed by atoms with Gasteiger partial charge in [0, 0.05) is 6.07 Å². The van der Waals surface area contributed by atoms with E-state index >= 15 is 0 Å². The second-order valence-corrected chi connectivity index (χ2v) is 1.98. The van der Waals surface area contributed by atoms with Crippen molar-refractivity contribution in [1.82, 2.24) is 10.2 Å². The minimum atomic E-state index is -4.32. The maximum Gasteiger partial charge on any atom is 0.422 e. The third kappa shape index (κ3) is 3.18. The largest absolute Gasteiger partial charge is 0.482 e. The highest BCUT2D eigenvalue weighted by Gasteiger charge is 2.28. The van der Waals surface area contributed by atoms with Crippen molar-refractivity contribution < 1.29 is 17.9 Å². The quantitative estimate of drug-likeness (QED) is 0.686. The molecular formula is C6H5F3N2O. The van der Waals surface area contributed by atoms with Gasteiger partial charge in [0.2, 0.25) is 0 Å². The Bertz CT molecular complexity index is 236. The SMILES string of the molecule is FC(F)(F)COc1ccnnc1. The van der Waals surface area contributed by atoms with Crippen molar-refractivity contribution in [3.05, 3.63) is 18.5 Å². The van der Waals surface area contributed by atoms with Gasteiger partial charge in [0.1, 0.15) is 5.75 Å². The fourth-order valence-electron chi connectivity index (χ4n) is 0.529. The number of rotatable bonds is 2. The van der Waals surface area contributed by atoms with E-state index in [4.69, 9.17) is 0 Å².